The molecule has 0 aliphatic rings. The Labute approximate surface area is 256 Å². The lowest BCUT2D eigenvalue weighted by Gasteiger charge is -2.11. The van der Waals surface area contributed by atoms with Gasteiger partial charge in [0.2, 0.25) is 0 Å². The summed E-state index contributed by atoms with van der Waals surface area (Å²) >= 11 is 0. The van der Waals surface area contributed by atoms with Crippen LogP contribution < -0.4 is 0 Å². The number of pyridine rings is 2. The van der Waals surface area contributed by atoms with Crippen molar-refractivity contribution in [2.45, 2.75) is 0 Å². The van der Waals surface area contributed by atoms with Crippen LogP contribution in [0.15, 0.2) is 191 Å². The summed E-state index contributed by atoms with van der Waals surface area (Å²) in [5.41, 5.74) is 7.36. The number of hydrogen-bond donors (Lipinski definition) is 0. The van der Waals surface area contributed by atoms with Gasteiger partial charge < -0.3 is 0 Å². The Kier molecular flexibility index (Phi) is 9.01. The molecule has 0 unspecified atom stereocenters. The molecule has 6 nitrogen and oxygen atoms in total. The third-order valence-electron chi connectivity index (χ3n) is 6.73. The van der Waals surface area contributed by atoms with E-state index in [1.54, 1.807) is 12.4 Å². The first-order valence-corrected chi connectivity index (χ1v) is 14.2. The van der Waals surface area contributed by atoms with Gasteiger partial charge in [-0.1, -0.05) is 133 Å². The van der Waals surface area contributed by atoms with Gasteiger partial charge >= 0.3 is 0 Å². The normalized spacial score (nSPS) is 12.6. The van der Waals surface area contributed by atoms with Crippen LogP contribution in [0, 0.1) is 0 Å². The highest BCUT2D eigenvalue weighted by Gasteiger charge is 2.17. The second-order valence-electron chi connectivity index (χ2n) is 9.69. The van der Waals surface area contributed by atoms with Gasteiger partial charge in [-0.2, -0.15) is 0 Å². The maximum absolute atomic E-state index is 4.90. The summed E-state index contributed by atoms with van der Waals surface area (Å²) in [4.78, 5) is 9.15. The average molecular weight is 569 g/mol. The van der Waals surface area contributed by atoms with Gasteiger partial charge in [0.05, 0.1) is 11.4 Å². The van der Waals surface area contributed by atoms with Crippen molar-refractivity contribution in [1.29, 1.82) is 0 Å². The summed E-state index contributed by atoms with van der Waals surface area (Å²) in [5, 5.41) is 19.5. The van der Waals surface area contributed by atoms with E-state index >= 15 is 0 Å². The smallest absolute Gasteiger partial charge is 0.121 e. The highest BCUT2D eigenvalue weighted by Crippen LogP contribution is 2.16. The van der Waals surface area contributed by atoms with Gasteiger partial charge in [0, 0.05) is 34.6 Å². The largest absolute Gasteiger partial charge is 0.255 e. The number of benzene rings is 4. The van der Waals surface area contributed by atoms with Gasteiger partial charge in [-0.05, 0) is 24.3 Å². The summed E-state index contributed by atoms with van der Waals surface area (Å²) in [6, 6.07) is 51.2. The van der Waals surface area contributed by atoms with Gasteiger partial charge in [-0.15, -0.1) is 20.4 Å². The van der Waals surface area contributed by atoms with Crippen LogP contribution in [0.1, 0.15) is 33.6 Å². The molecule has 210 valence electrons. The molecule has 0 N–H and O–H groups in total. The van der Waals surface area contributed by atoms with Gasteiger partial charge in [0.25, 0.3) is 0 Å². The Balaban J connectivity index is 1.59. The first-order chi connectivity index (χ1) is 21.9. The Bertz CT molecular complexity index is 1680. The Morgan fingerprint density at radius 2 is 0.636 bits per heavy atom. The van der Waals surface area contributed by atoms with E-state index in [1.165, 1.54) is 0 Å². The van der Waals surface area contributed by atoms with E-state index in [4.69, 9.17) is 20.4 Å². The molecule has 0 saturated carbocycles. The monoisotopic (exact) mass is 568 g/mol. The molecule has 6 heteroatoms. The lowest BCUT2D eigenvalue weighted by atomic mass is 10.00. The van der Waals surface area contributed by atoms with Crippen LogP contribution in [0.2, 0.25) is 0 Å². The SMILES string of the molecule is c1ccc(C(=N/N=C(\c2ccccc2)c2ccccn2)/C(=N\N=C(/c2ccccc2)c2ccccn2)c2ccccc2)cc1. The van der Waals surface area contributed by atoms with Crippen LogP contribution in [0.5, 0.6) is 0 Å². The first-order valence-electron chi connectivity index (χ1n) is 14.2. The predicted octanol–water partition coefficient (Wildman–Crippen LogP) is 7.66. The molecule has 0 spiro atoms. The summed E-state index contributed by atoms with van der Waals surface area (Å²) in [6.45, 7) is 0. The maximum atomic E-state index is 4.90. The van der Waals surface area contributed by atoms with Gasteiger partial charge in [0.1, 0.15) is 22.8 Å². The van der Waals surface area contributed by atoms with Crippen molar-refractivity contribution in [1.82, 2.24) is 9.97 Å². The van der Waals surface area contributed by atoms with Crippen molar-refractivity contribution < 1.29 is 0 Å². The summed E-state index contributed by atoms with van der Waals surface area (Å²) in [7, 11) is 0. The summed E-state index contributed by atoms with van der Waals surface area (Å²) < 4.78 is 0. The minimum absolute atomic E-state index is 0.568. The van der Waals surface area contributed by atoms with E-state index in [-0.39, 0.29) is 0 Å². The average Bonchev–Trinajstić information content (AvgIpc) is 3.11. The van der Waals surface area contributed by atoms with Crippen LogP contribution in [0.25, 0.3) is 0 Å². The van der Waals surface area contributed by atoms with Gasteiger partial charge in [-0.3, -0.25) is 9.97 Å². The standard InChI is InChI=1S/C38H28N6/c1-5-17-29(18-6-1)35(33-25-13-15-27-39-33)41-43-37(31-21-9-3-10-22-31)38(32-23-11-4-12-24-32)44-42-36(30-19-7-2-8-20-30)34-26-14-16-28-40-34/h1-28H/b41-35+,42-36+,43-37-,44-38-. The van der Waals surface area contributed by atoms with E-state index in [1.807, 2.05) is 158 Å². The molecule has 44 heavy (non-hydrogen) atoms. The second-order valence-corrected chi connectivity index (χ2v) is 9.69. The molecule has 0 saturated heterocycles. The fourth-order valence-electron chi connectivity index (χ4n) is 4.59. The fraction of sp³-hybridized carbons (Fsp3) is 0. The number of nitrogens with zero attached hydrogens (tertiary/aromatic N) is 6. The van der Waals surface area contributed by atoms with Crippen molar-refractivity contribution >= 4 is 22.8 Å². The molecule has 4 aromatic carbocycles. The molecular formula is C38H28N6. The molecule has 0 amide bonds. The zero-order valence-electron chi connectivity index (χ0n) is 23.8. The summed E-state index contributed by atoms with van der Waals surface area (Å²) in [6.07, 6.45) is 3.51. The van der Waals surface area contributed by atoms with E-state index in [2.05, 4.69) is 9.97 Å². The highest BCUT2D eigenvalue weighted by molar-refractivity contribution is 6.53. The van der Waals surface area contributed by atoms with E-state index in [9.17, 15) is 0 Å². The Morgan fingerprint density at radius 1 is 0.318 bits per heavy atom. The minimum Gasteiger partial charge on any atom is -0.255 e. The van der Waals surface area contributed by atoms with Crippen LogP contribution >= 0.6 is 0 Å². The molecule has 0 fully saturated rings. The van der Waals surface area contributed by atoms with Crippen LogP contribution in [0.4, 0.5) is 0 Å². The number of aromatic nitrogens is 2. The van der Waals surface area contributed by atoms with Crippen molar-refractivity contribution in [3.63, 3.8) is 0 Å². The molecule has 6 aromatic rings. The van der Waals surface area contributed by atoms with Crippen LogP contribution in [-0.2, 0) is 0 Å². The maximum Gasteiger partial charge on any atom is 0.121 e. The third-order valence-corrected chi connectivity index (χ3v) is 6.73. The van der Waals surface area contributed by atoms with Crippen molar-refractivity contribution in [3.8, 4) is 0 Å². The van der Waals surface area contributed by atoms with Crippen molar-refractivity contribution in [2.75, 3.05) is 0 Å². The molecule has 2 aromatic heterocycles. The van der Waals surface area contributed by atoms with Crippen molar-refractivity contribution in [2.24, 2.45) is 20.4 Å². The quantitative estimate of drug-likeness (QED) is 0.133. The van der Waals surface area contributed by atoms with Crippen molar-refractivity contribution in [3.05, 3.63) is 204 Å². The lowest BCUT2D eigenvalue weighted by Crippen LogP contribution is -2.18. The fourth-order valence-corrected chi connectivity index (χ4v) is 4.59. The molecule has 6 rings (SSSR count). The molecule has 0 aliphatic carbocycles. The highest BCUT2D eigenvalue weighted by atomic mass is 15.3. The zero-order valence-corrected chi connectivity index (χ0v) is 23.8. The molecule has 0 bridgehead atoms. The van der Waals surface area contributed by atoms with E-state index < -0.39 is 0 Å². The number of rotatable bonds is 9. The zero-order chi connectivity index (χ0) is 29.8. The topological polar surface area (TPSA) is 75.2 Å². The molecule has 0 radical (unpaired) electrons. The Hall–Kier alpha value is -6.14. The number of hydrogen-bond acceptors (Lipinski definition) is 6. The molecular weight excluding hydrogens is 540 g/mol. The summed E-state index contributed by atoms with van der Waals surface area (Å²) in [5.74, 6) is 0. The van der Waals surface area contributed by atoms with Gasteiger partial charge in [0.15, 0.2) is 0 Å². The van der Waals surface area contributed by atoms with Crippen LogP contribution in [-0.4, -0.2) is 32.8 Å². The third kappa shape index (κ3) is 6.83. The van der Waals surface area contributed by atoms with E-state index in [0.717, 1.165) is 22.3 Å². The Morgan fingerprint density at radius 3 is 0.955 bits per heavy atom. The second kappa shape index (κ2) is 14.2. The van der Waals surface area contributed by atoms with Gasteiger partial charge in [-0.25, -0.2) is 0 Å². The molecule has 0 atom stereocenters. The predicted molar refractivity (Wildman–Crippen MR) is 179 cm³/mol. The first kappa shape index (κ1) is 28.0. The molecule has 0 aliphatic heterocycles. The van der Waals surface area contributed by atoms with Crippen LogP contribution in [0.3, 0.4) is 0 Å². The minimum atomic E-state index is 0.568. The van der Waals surface area contributed by atoms with E-state index in [0.29, 0.717) is 34.2 Å². The lowest BCUT2D eigenvalue weighted by molar-refractivity contribution is 1.19. The molecule has 2 heterocycles.